The third kappa shape index (κ3) is 4.81. The van der Waals surface area contributed by atoms with Gasteiger partial charge in [-0.3, -0.25) is 9.36 Å². The molecule has 0 fully saturated rings. The Morgan fingerprint density at radius 1 is 1.32 bits per heavy atom. The van der Waals surface area contributed by atoms with Crippen LogP contribution in [0, 0.1) is 19.8 Å². The fourth-order valence-electron chi connectivity index (χ4n) is 4.21. The summed E-state index contributed by atoms with van der Waals surface area (Å²) in [7, 11) is 1.38. The Balaban J connectivity index is 1.52. The zero-order valence-corrected chi connectivity index (χ0v) is 22.8. The lowest BCUT2D eigenvalue weighted by Crippen LogP contribution is -2.17. The Hall–Kier alpha value is -2.17. The van der Waals surface area contributed by atoms with Gasteiger partial charge in [-0.15, -0.1) is 32.9 Å². The Morgan fingerprint density at radius 3 is 2.74 bits per heavy atom. The van der Waals surface area contributed by atoms with Gasteiger partial charge >= 0.3 is 5.97 Å². The van der Waals surface area contributed by atoms with Crippen LogP contribution in [0.25, 0.3) is 11.4 Å². The minimum Gasteiger partial charge on any atom is -0.465 e. The van der Waals surface area contributed by atoms with E-state index in [1.54, 1.807) is 11.3 Å². The lowest BCUT2D eigenvalue weighted by molar-refractivity contribution is -0.113. The molecule has 34 heavy (non-hydrogen) atoms. The number of anilines is 1. The number of methoxy groups -OCH3 is 1. The van der Waals surface area contributed by atoms with E-state index in [4.69, 9.17) is 4.74 Å². The highest BCUT2D eigenvalue weighted by molar-refractivity contribution is 7.99. The number of aromatic nitrogens is 3. The van der Waals surface area contributed by atoms with Gasteiger partial charge in [0.2, 0.25) is 5.91 Å². The van der Waals surface area contributed by atoms with Crippen molar-refractivity contribution in [3.63, 3.8) is 0 Å². The summed E-state index contributed by atoms with van der Waals surface area (Å²) in [5, 5.41) is 15.2. The summed E-state index contributed by atoms with van der Waals surface area (Å²) in [5.74, 6) is 1.01. The van der Waals surface area contributed by atoms with E-state index in [0.29, 0.717) is 21.6 Å². The number of amides is 1. The van der Waals surface area contributed by atoms with E-state index in [0.717, 1.165) is 36.2 Å². The Morgan fingerprint density at radius 2 is 2.09 bits per heavy atom. The van der Waals surface area contributed by atoms with Crippen LogP contribution in [0.2, 0.25) is 0 Å². The van der Waals surface area contributed by atoms with E-state index in [-0.39, 0.29) is 23.7 Å². The van der Waals surface area contributed by atoms with Gasteiger partial charge in [0, 0.05) is 26.7 Å². The van der Waals surface area contributed by atoms with E-state index in [2.05, 4.69) is 60.1 Å². The molecule has 3 heterocycles. The summed E-state index contributed by atoms with van der Waals surface area (Å²) < 4.78 is 7.11. The third-order valence-corrected chi connectivity index (χ3v) is 9.32. The molecule has 0 radical (unpaired) electrons. The van der Waals surface area contributed by atoms with Crippen molar-refractivity contribution in [2.24, 2.45) is 5.92 Å². The summed E-state index contributed by atoms with van der Waals surface area (Å²) in [5.41, 5.74) is 3.84. The Bertz CT molecular complexity index is 1220. The number of nitrogens with one attached hydrogen (secondary N) is 1. The number of hydrogen-bond donors (Lipinski definition) is 1. The van der Waals surface area contributed by atoms with Crippen LogP contribution in [0.3, 0.4) is 0 Å². The molecule has 0 aliphatic heterocycles. The zero-order chi connectivity index (χ0) is 24.6. The van der Waals surface area contributed by atoms with Crippen LogP contribution in [0.4, 0.5) is 5.00 Å². The normalized spacial score (nSPS) is 15.4. The number of carbonyl (C=O) groups excluding carboxylic acids is 2. The number of thioether (sulfide) groups is 1. The number of esters is 1. The maximum atomic E-state index is 12.9. The minimum absolute atomic E-state index is 0.145. The third-order valence-electron chi connectivity index (χ3n) is 6.19. The van der Waals surface area contributed by atoms with Crippen LogP contribution in [0.5, 0.6) is 0 Å². The number of nitrogens with zero attached hydrogens (tertiary/aromatic N) is 3. The fourth-order valence-corrected chi connectivity index (χ4v) is 7.35. The highest BCUT2D eigenvalue weighted by Crippen LogP contribution is 2.40. The van der Waals surface area contributed by atoms with Gasteiger partial charge in [-0.2, -0.15) is 0 Å². The monoisotopic (exact) mass is 518 g/mol. The van der Waals surface area contributed by atoms with Crippen molar-refractivity contribution < 1.29 is 14.3 Å². The quantitative estimate of drug-likeness (QED) is 0.309. The summed E-state index contributed by atoms with van der Waals surface area (Å²) in [6.45, 7) is 10.6. The average Bonchev–Trinajstić information content (AvgIpc) is 3.46. The first-order chi connectivity index (χ1) is 16.2. The maximum Gasteiger partial charge on any atom is 0.341 e. The average molecular weight is 519 g/mol. The maximum absolute atomic E-state index is 12.9. The number of rotatable bonds is 7. The minimum atomic E-state index is -0.388. The number of carbonyl (C=O) groups is 2. The smallest absolute Gasteiger partial charge is 0.341 e. The second-order valence-electron chi connectivity index (χ2n) is 8.98. The zero-order valence-electron chi connectivity index (χ0n) is 20.4. The first-order valence-electron chi connectivity index (χ1n) is 11.4. The molecule has 3 aromatic heterocycles. The van der Waals surface area contributed by atoms with E-state index < -0.39 is 0 Å². The van der Waals surface area contributed by atoms with Gasteiger partial charge in [-0.05, 0) is 64.0 Å². The van der Waals surface area contributed by atoms with Gasteiger partial charge in [0.15, 0.2) is 11.0 Å². The fraction of sp³-hybridized carbons (Fsp3) is 0.500. The van der Waals surface area contributed by atoms with Crippen LogP contribution < -0.4 is 5.32 Å². The summed E-state index contributed by atoms with van der Waals surface area (Å²) in [6, 6.07) is 0.145. The molecule has 0 saturated heterocycles. The number of aryl methyl sites for hydroxylation is 1. The molecule has 3 aromatic rings. The van der Waals surface area contributed by atoms with Crippen LogP contribution in [0.1, 0.15) is 64.5 Å². The van der Waals surface area contributed by atoms with Gasteiger partial charge in [0.1, 0.15) is 5.00 Å². The van der Waals surface area contributed by atoms with Crippen molar-refractivity contribution in [3.05, 3.63) is 31.8 Å². The van der Waals surface area contributed by atoms with Gasteiger partial charge < -0.3 is 10.1 Å². The molecule has 4 rings (SSSR count). The molecule has 1 atom stereocenters. The van der Waals surface area contributed by atoms with Gasteiger partial charge in [0.25, 0.3) is 0 Å². The molecule has 1 aliphatic carbocycles. The van der Waals surface area contributed by atoms with Crippen molar-refractivity contribution in [1.29, 1.82) is 0 Å². The highest BCUT2D eigenvalue weighted by atomic mass is 32.2. The Labute approximate surface area is 212 Å². The Kier molecular flexibility index (Phi) is 7.49. The standard InChI is InChI=1S/C24H30N4O3S3/c1-12(2)28-21(17-10-32-15(5)14(17)4)26-27-24(28)33-11-19(29)25-22-20(23(30)31-6)16-8-7-13(3)9-18(16)34-22/h10,12-13H,7-9,11H2,1-6H3,(H,25,29). The second-order valence-corrected chi connectivity index (χ2v) is 12.1. The highest BCUT2D eigenvalue weighted by Gasteiger charge is 2.29. The molecule has 1 unspecified atom stereocenters. The largest absolute Gasteiger partial charge is 0.465 e. The summed E-state index contributed by atoms with van der Waals surface area (Å²) in [4.78, 5) is 27.8. The molecule has 1 aliphatic rings. The van der Waals surface area contributed by atoms with Gasteiger partial charge in [0.05, 0.1) is 18.4 Å². The van der Waals surface area contributed by atoms with Gasteiger partial charge in [-0.1, -0.05) is 18.7 Å². The molecule has 0 saturated carbocycles. The van der Waals surface area contributed by atoms with E-state index >= 15 is 0 Å². The lowest BCUT2D eigenvalue weighted by atomic mass is 9.88. The molecule has 0 aromatic carbocycles. The predicted molar refractivity (Wildman–Crippen MR) is 139 cm³/mol. The topological polar surface area (TPSA) is 86.1 Å². The van der Waals surface area contributed by atoms with Gasteiger partial charge in [-0.25, -0.2) is 4.79 Å². The summed E-state index contributed by atoms with van der Waals surface area (Å²) in [6.07, 6.45) is 2.80. The van der Waals surface area contributed by atoms with Crippen LogP contribution in [-0.2, 0) is 22.4 Å². The van der Waals surface area contributed by atoms with Crippen molar-refractivity contribution in [2.75, 3.05) is 18.2 Å². The van der Waals surface area contributed by atoms with E-state index in [1.165, 1.54) is 45.5 Å². The predicted octanol–water partition coefficient (Wildman–Crippen LogP) is 5.91. The molecule has 0 bridgehead atoms. The van der Waals surface area contributed by atoms with Crippen LogP contribution in [0.15, 0.2) is 10.5 Å². The first-order valence-corrected chi connectivity index (χ1v) is 14.0. The number of thiophene rings is 2. The van der Waals surface area contributed by atoms with Crippen molar-refractivity contribution in [1.82, 2.24) is 14.8 Å². The molecule has 1 amide bonds. The number of ether oxygens (including phenoxy) is 1. The lowest BCUT2D eigenvalue weighted by Gasteiger charge is -2.18. The molecular formula is C24H30N4O3S3. The second kappa shape index (κ2) is 10.2. The number of hydrogen-bond acceptors (Lipinski definition) is 8. The molecule has 10 heteroatoms. The van der Waals surface area contributed by atoms with Crippen molar-refractivity contribution >= 4 is 51.3 Å². The van der Waals surface area contributed by atoms with Crippen LogP contribution >= 0.6 is 34.4 Å². The first kappa shape index (κ1) is 24.9. The molecule has 1 N–H and O–H groups in total. The van der Waals surface area contributed by atoms with Crippen molar-refractivity contribution in [2.45, 2.75) is 65.1 Å². The van der Waals surface area contributed by atoms with E-state index in [9.17, 15) is 9.59 Å². The van der Waals surface area contributed by atoms with Crippen LogP contribution in [-0.4, -0.2) is 39.5 Å². The van der Waals surface area contributed by atoms with Crippen molar-refractivity contribution in [3.8, 4) is 11.4 Å². The molecule has 182 valence electrons. The SMILES string of the molecule is COC(=O)c1c(NC(=O)CSc2nnc(-c3csc(C)c3C)n2C(C)C)sc2c1CCC(C)C2. The molecule has 0 spiro atoms. The molecule has 7 nitrogen and oxygen atoms in total. The summed E-state index contributed by atoms with van der Waals surface area (Å²) >= 11 is 4.56. The number of fused-ring (bicyclic) bond motifs is 1. The van der Waals surface area contributed by atoms with E-state index in [1.807, 2.05) is 0 Å². The molecular weight excluding hydrogens is 488 g/mol.